The number of hydrogen-bond acceptors (Lipinski definition) is 7. The van der Waals surface area contributed by atoms with Gasteiger partial charge in [-0.25, -0.2) is 4.57 Å². The number of unbranched alkanes of at least 4 members (excludes halogenated alkanes) is 17. The molecule has 2 unspecified atom stereocenters. The van der Waals surface area contributed by atoms with Crippen LogP contribution in [0.3, 0.4) is 0 Å². The zero-order chi connectivity index (χ0) is 49.2. The number of ether oxygens (including phenoxy) is 2. The summed E-state index contributed by atoms with van der Waals surface area (Å²) in [6.07, 6.45) is 65.2. The number of esters is 2. The Kier molecular flexibility index (Phi) is 45.8. The number of nitrogens with zero attached hydrogens (tertiary/aromatic N) is 1. The first kappa shape index (κ1) is 63.9. The Morgan fingerprint density at radius 3 is 1.27 bits per heavy atom. The summed E-state index contributed by atoms with van der Waals surface area (Å²) in [7, 11) is 1.47. The minimum absolute atomic E-state index is 0.0286. The van der Waals surface area contributed by atoms with Gasteiger partial charge in [-0.15, -0.1) is 0 Å². The standard InChI is InChI=1S/C57H98NO8P/c1-6-8-10-12-14-15-16-17-18-19-20-21-22-23-24-25-26-27-28-29-30-31-32-33-34-35-36-37-38-39-40-41-42-43-44-46-48-50-57(60)66-55(53-63-56(59)49-47-45-13-11-9-7-2)54-65-67(61,62)64-52-51-58(3,4)5/h8,10,14-15,17-18,20-21,23-24,26-27,29-30,32-33,55H,6-7,9,11-13,16,19,22,25,28,31,34-54H2,1-5H3/p+1/b10-8-,15-14-,18-17-,21-20-,24-23-,27-26-,30-29-,33-32-. The minimum Gasteiger partial charge on any atom is -0.462 e. The molecule has 0 saturated carbocycles. The molecule has 0 rings (SSSR count). The summed E-state index contributed by atoms with van der Waals surface area (Å²) >= 11 is 0. The lowest BCUT2D eigenvalue weighted by Gasteiger charge is -2.24. The van der Waals surface area contributed by atoms with Crippen LogP contribution in [0.1, 0.15) is 200 Å². The van der Waals surface area contributed by atoms with Crippen molar-refractivity contribution in [2.24, 2.45) is 0 Å². The molecule has 1 N–H and O–H groups in total. The first-order chi connectivity index (χ1) is 32.5. The lowest BCUT2D eigenvalue weighted by Crippen LogP contribution is -2.37. The highest BCUT2D eigenvalue weighted by atomic mass is 31.2. The van der Waals surface area contributed by atoms with E-state index in [-0.39, 0.29) is 32.0 Å². The van der Waals surface area contributed by atoms with Crippen molar-refractivity contribution in [1.82, 2.24) is 0 Å². The Bertz CT molecular complexity index is 1450. The van der Waals surface area contributed by atoms with Gasteiger partial charge in [-0.1, -0.05) is 207 Å². The topological polar surface area (TPSA) is 108 Å². The molecule has 0 amide bonds. The zero-order valence-electron chi connectivity index (χ0n) is 43.3. The Balaban J connectivity index is 3.96. The van der Waals surface area contributed by atoms with Crippen molar-refractivity contribution in [3.8, 4) is 0 Å². The van der Waals surface area contributed by atoms with E-state index in [4.69, 9.17) is 18.5 Å². The summed E-state index contributed by atoms with van der Waals surface area (Å²) in [4.78, 5) is 35.2. The zero-order valence-corrected chi connectivity index (χ0v) is 44.2. The van der Waals surface area contributed by atoms with E-state index in [9.17, 15) is 19.0 Å². The molecule has 0 aliphatic rings. The third-order valence-corrected chi connectivity index (χ3v) is 11.9. The molecule has 0 saturated heterocycles. The molecule has 0 aromatic rings. The second kappa shape index (κ2) is 48.0. The summed E-state index contributed by atoms with van der Waals surface area (Å²) < 4.78 is 34.2. The van der Waals surface area contributed by atoms with Gasteiger partial charge in [0.25, 0.3) is 0 Å². The molecule has 0 heterocycles. The lowest BCUT2D eigenvalue weighted by molar-refractivity contribution is -0.870. The summed E-state index contributed by atoms with van der Waals surface area (Å²) in [5.41, 5.74) is 0. The number of quaternary nitrogens is 1. The molecular weight excluding hydrogens is 858 g/mol. The third kappa shape index (κ3) is 52.2. The van der Waals surface area contributed by atoms with Gasteiger partial charge in [0, 0.05) is 12.8 Å². The Morgan fingerprint density at radius 2 is 0.851 bits per heavy atom. The third-order valence-electron chi connectivity index (χ3n) is 10.9. The molecule has 0 fully saturated rings. The molecule has 0 aromatic heterocycles. The number of likely N-dealkylation sites (N-methyl/N-ethyl adjacent to an activating group) is 1. The van der Waals surface area contributed by atoms with Gasteiger partial charge in [-0.2, -0.15) is 0 Å². The number of allylic oxidation sites excluding steroid dienone is 16. The monoisotopic (exact) mass is 957 g/mol. The molecule has 384 valence electrons. The fourth-order valence-electron chi connectivity index (χ4n) is 6.79. The van der Waals surface area contributed by atoms with Crippen LogP contribution in [0, 0.1) is 0 Å². The predicted octanol–water partition coefficient (Wildman–Crippen LogP) is 16.1. The van der Waals surface area contributed by atoms with Gasteiger partial charge < -0.3 is 18.9 Å². The van der Waals surface area contributed by atoms with Crippen LogP contribution in [0.5, 0.6) is 0 Å². The van der Waals surface area contributed by atoms with Crippen LogP contribution in [-0.4, -0.2) is 74.9 Å². The van der Waals surface area contributed by atoms with E-state index < -0.39 is 26.5 Å². The van der Waals surface area contributed by atoms with Crippen LogP contribution in [0.25, 0.3) is 0 Å². The van der Waals surface area contributed by atoms with Gasteiger partial charge in [-0.3, -0.25) is 18.6 Å². The molecule has 0 bridgehead atoms. The second-order valence-electron chi connectivity index (χ2n) is 18.5. The maximum Gasteiger partial charge on any atom is 0.472 e. The Morgan fingerprint density at radius 1 is 0.478 bits per heavy atom. The number of hydrogen-bond donors (Lipinski definition) is 1. The maximum absolute atomic E-state index is 12.7. The first-order valence-electron chi connectivity index (χ1n) is 26.5. The number of rotatable bonds is 47. The summed E-state index contributed by atoms with van der Waals surface area (Å²) in [5, 5.41) is 0. The van der Waals surface area contributed by atoms with Gasteiger partial charge >= 0.3 is 19.8 Å². The van der Waals surface area contributed by atoms with Crippen LogP contribution in [0.2, 0.25) is 0 Å². The quantitative estimate of drug-likeness (QED) is 0.0211. The summed E-state index contributed by atoms with van der Waals surface area (Å²) in [5.74, 6) is -0.814. The molecule has 0 radical (unpaired) electrons. The van der Waals surface area contributed by atoms with Crippen LogP contribution in [0.4, 0.5) is 0 Å². The van der Waals surface area contributed by atoms with Crippen LogP contribution >= 0.6 is 7.82 Å². The Labute approximate surface area is 411 Å². The number of phosphoric acid groups is 1. The Hall–Kier alpha value is -3.07. The van der Waals surface area contributed by atoms with E-state index >= 15 is 0 Å². The fraction of sp³-hybridized carbons (Fsp3) is 0.684. The molecular formula is C57H99NO8P+. The second-order valence-corrected chi connectivity index (χ2v) is 20.0. The average molecular weight is 957 g/mol. The van der Waals surface area contributed by atoms with E-state index in [1.54, 1.807) is 0 Å². The molecule has 2 atom stereocenters. The van der Waals surface area contributed by atoms with Gasteiger partial charge in [0.05, 0.1) is 27.7 Å². The molecule has 67 heavy (non-hydrogen) atoms. The largest absolute Gasteiger partial charge is 0.472 e. The van der Waals surface area contributed by atoms with Crippen molar-refractivity contribution < 1.29 is 42.1 Å². The first-order valence-corrected chi connectivity index (χ1v) is 28.0. The van der Waals surface area contributed by atoms with E-state index in [1.807, 2.05) is 21.1 Å². The molecule has 9 nitrogen and oxygen atoms in total. The van der Waals surface area contributed by atoms with Crippen molar-refractivity contribution in [3.05, 3.63) is 97.2 Å². The highest BCUT2D eigenvalue weighted by Crippen LogP contribution is 2.43. The van der Waals surface area contributed by atoms with E-state index in [1.165, 1.54) is 70.6 Å². The van der Waals surface area contributed by atoms with Crippen molar-refractivity contribution in [2.75, 3.05) is 47.5 Å². The highest BCUT2D eigenvalue weighted by Gasteiger charge is 2.27. The number of carbonyl (C=O) groups excluding carboxylic acids is 2. The number of carbonyl (C=O) groups is 2. The lowest BCUT2D eigenvalue weighted by atomic mass is 10.0. The van der Waals surface area contributed by atoms with Crippen LogP contribution < -0.4 is 0 Å². The smallest absolute Gasteiger partial charge is 0.462 e. The SMILES string of the molecule is CC/C=C\C/C=C\C/C=C\C/C=C\C/C=C\C/C=C\C/C=C\C/C=C\CCCCCCCCCCCCCCC(=O)OC(COC(=O)CCCCCCCC)COP(=O)(O)OCC[N+](C)(C)C. The predicted molar refractivity (Wildman–Crippen MR) is 284 cm³/mol. The van der Waals surface area contributed by atoms with Crippen molar-refractivity contribution >= 4 is 19.8 Å². The van der Waals surface area contributed by atoms with Crippen LogP contribution in [0.15, 0.2) is 97.2 Å². The van der Waals surface area contributed by atoms with Crippen LogP contribution in [-0.2, 0) is 32.7 Å². The summed E-state index contributed by atoms with van der Waals surface area (Å²) in [6, 6.07) is 0. The van der Waals surface area contributed by atoms with E-state index in [0.717, 1.165) is 96.3 Å². The van der Waals surface area contributed by atoms with Crippen molar-refractivity contribution in [1.29, 1.82) is 0 Å². The average Bonchev–Trinajstić information content (AvgIpc) is 3.29. The molecule has 0 aliphatic heterocycles. The van der Waals surface area contributed by atoms with Gasteiger partial charge in [0.1, 0.15) is 19.8 Å². The minimum atomic E-state index is -4.37. The molecule has 10 heteroatoms. The number of phosphoric ester groups is 1. The van der Waals surface area contributed by atoms with E-state index in [2.05, 4.69) is 111 Å². The van der Waals surface area contributed by atoms with Gasteiger partial charge in [0.15, 0.2) is 6.10 Å². The highest BCUT2D eigenvalue weighted by molar-refractivity contribution is 7.47. The van der Waals surface area contributed by atoms with E-state index in [0.29, 0.717) is 17.4 Å². The maximum atomic E-state index is 12.7. The summed E-state index contributed by atoms with van der Waals surface area (Å²) in [6.45, 7) is 4.23. The van der Waals surface area contributed by atoms with Crippen molar-refractivity contribution in [3.63, 3.8) is 0 Å². The molecule has 0 aromatic carbocycles. The van der Waals surface area contributed by atoms with Gasteiger partial charge in [-0.05, 0) is 77.0 Å². The normalized spacial score (nSPS) is 14.2. The fourth-order valence-corrected chi connectivity index (χ4v) is 7.54. The molecule has 0 aliphatic carbocycles. The van der Waals surface area contributed by atoms with Crippen molar-refractivity contribution in [2.45, 2.75) is 206 Å². The van der Waals surface area contributed by atoms with Gasteiger partial charge in [0.2, 0.25) is 0 Å². The molecule has 0 spiro atoms.